The molecule has 3 nitrogen and oxygen atoms in total. The number of phenols is 1. The molecule has 2 N–H and O–H groups in total. The van der Waals surface area contributed by atoms with Crippen LogP contribution in [-0.4, -0.2) is 10.1 Å². The summed E-state index contributed by atoms with van der Waals surface area (Å²) in [5.74, 6) is 0.255. The van der Waals surface area contributed by atoms with E-state index in [0.29, 0.717) is 6.54 Å². The van der Waals surface area contributed by atoms with Gasteiger partial charge in [-0.1, -0.05) is 12.1 Å². The van der Waals surface area contributed by atoms with Crippen molar-refractivity contribution >= 4 is 21.6 Å². The average molecular weight is 279 g/mol. The van der Waals surface area contributed by atoms with Crippen molar-refractivity contribution in [2.45, 2.75) is 6.54 Å². The molecule has 1 aromatic heterocycles. The van der Waals surface area contributed by atoms with Gasteiger partial charge in [-0.2, -0.15) is 0 Å². The Morgan fingerprint density at radius 2 is 2.06 bits per heavy atom. The minimum Gasteiger partial charge on any atom is -0.506 e. The van der Waals surface area contributed by atoms with Crippen molar-refractivity contribution in [2.24, 2.45) is 0 Å². The molecule has 82 valence electrons. The molecule has 0 fully saturated rings. The number of rotatable bonds is 3. The van der Waals surface area contributed by atoms with Gasteiger partial charge in [0.05, 0.1) is 5.69 Å². The monoisotopic (exact) mass is 278 g/mol. The largest absolute Gasteiger partial charge is 0.506 e. The number of halogens is 1. The van der Waals surface area contributed by atoms with Crippen LogP contribution in [0.2, 0.25) is 0 Å². The molecule has 1 heterocycles. The second-order valence-corrected chi connectivity index (χ2v) is 4.30. The number of pyridine rings is 1. The van der Waals surface area contributed by atoms with Crippen molar-refractivity contribution in [2.75, 3.05) is 5.32 Å². The molecule has 0 aliphatic carbocycles. The van der Waals surface area contributed by atoms with Crippen LogP contribution < -0.4 is 5.32 Å². The van der Waals surface area contributed by atoms with Gasteiger partial charge in [0.1, 0.15) is 5.75 Å². The van der Waals surface area contributed by atoms with Gasteiger partial charge in [0, 0.05) is 23.4 Å². The van der Waals surface area contributed by atoms with Crippen molar-refractivity contribution in [1.82, 2.24) is 4.98 Å². The fourth-order valence-corrected chi connectivity index (χ4v) is 1.79. The molecule has 0 bridgehead atoms. The van der Waals surface area contributed by atoms with Gasteiger partial charge in [-0.15, -0.1) is 0 Å². The van der Waals surface area contributed by atoms with Crippen LogP contribution in [0.25, 0.3) is 0 Å². The number of aromatic nitrogens is 1. The predicted molar refractivity (Wildman–Crippen MR) is 67.4 cm³/mol. The summed E-state index contributed by atoms with van der Waals surface area (Å²) >= 11 is 3.36. The Hall–Kier alpha value is -1.55. The van der Waals surface area contributed by atoms with E-state index >= 15 is 0 Å². The Labute approximate surface area is 102 Å². The molecule has 1 aromatic carbocycles. The normalized spacial score (nSPS) is 10.1. The first-order valence-electron chi connectivity index (χ1n) is 4.87. The molecule has 0 aliphatic rings. The van der Waals surface area contributed by atoms with Crippen molar-refractivity contribution < 1.29 is 5.11 Å². The molecule has 4 heteroatoms. The van der Waals surface area contributed by atoms with Crippen LogP contribution in [0.15, 0.2) is 47.2 Å². The zero-order valence-electron chi connectivity index (χ0n) is 8.52. The minimum atomic E-state index is 0.255. The van der Waals surface area contributed by atoms with Crippen molar-refractivity contribution in [3.05, 3.63) is 52.8 Å². The molecule has 0 amide bonds. The first kappa shape index (κ1) is 11.0. The maximum Gasteiger partial charge on any atom is 0.138 e. The topological polar surface area (TPSA) is 45.1 Å². The summed E-state index contributed by atoms with van der Waals surface area (Å²) in [6.07, 6.45) is 3.53. The van der Waals surface area contributed by atoms with Crippen LogP contribution in [-0.2, 0) is 6.54 Å². The van der Waals surface area contributed by atoms with E-state index in [4.69, 9.17) is 0 Å². The molecule has 0 spiro atoms. The Morgan fingerprint density at radius 3 is 2.81 bits per heavy atom. The lowest BCUT2D eigenvalue weighted by Crippen LogP contribution is -1.99. The molecule has 0 saturated heterocycles. The van der Waals surface area contributed by atoms with Crippen molar-refractivity contribution in [1.29, 1.82) is 0 Å². The Kier molecular flexibility index (Phi) is 3.41. The van der Waals surface area contributed by atoms with Gasteiger partial charge in [0.15, 0.2) is 0 Å². The third-order valence-corrected chi connectivity index (χ3v) is 2.58. The number of benzene rings is 1. The summed E-state index contributed by atoms with van der Waals surface area (Å²) in [5, 5.41) is 12.7. The Morgan fingerprint density at radius 1 is 1.25 bits per heavy atom. The molecule has 16 heavy (non-hydrogen) atoms. The van der Waals surface area contributed by atoms with E-state index in [9.17, 15) is 5.11 Å². The summed E-state index contributed by atoms with van der Waals surface area (Å²) in [6, 6.07) is 9.14. The standard InChI is InChI=1S/C12H11BrN2O/c13-10-5-9(6-14-8-10)7-15-11-3-1-2-4-12(11)16/h1-6,8,15-16H,7H2. The lowest BCUT2D eigenvalue weighted by atomic mass is 10.2. The zero-order valence-corrected chi connectivity index (χ0v) is 10.1. The molecule has 0 saturated carbocycles. The van der Waals surface area contributed by atoms with Crippen molar-refractivity contribution in [3.8, 4) is 5.75 Å². The van der Waals surface area contributed by atoms with E-state index in [2.05, 4.69) is 26.2 Å². The Balaban J connectivity index is 2.05. The number of nitrogens with zero attached hydrogens (tertiary/aromatic N) is 1. The maximum absolute atomic E-state index is 9.56. The van der Waals surface area contributed by atoms with Gasteiger partial charge in [0.25, 0.3) is 0 Å². The van der Waals surface area contributed by atoms with Crippen molar-refractivity contribution in [3.63, 3.8) is 0 Å². The first-order chi connectivity index (χ1) is 7.75. The fourth-order valence-electron chi connectivity index (χ4n) is 1.37. The zero-order chi connectivity index (χ0) is 11.4. The molecule has 0 radical (unpaired) electrons. The van der Waals surface area contributed by atoms with E-state index in [-0.39, 0.29) is 5.75 Å². The number of hydrogen-bond acceptors (Lipinski definition) is 3. The molecular weight excluding hydrogens is 268 g/mol. The van der Waals surface area contributed by atoms with E-state index < -0.39 is 0 Å². The lowest BCUT2D eigenvalue weighted by Gasteiger charge is -2.07. The van der Waals surface area contributed by atoms with Crippen LogP contribution in [0.4, 0.5) is 5.69 Å². The summed E-state index contributed by atoms with van der Waals surface area (Å²) in [4.78, 5) is 4.07. The second-order valence-electron chi connectivity index (χ2n) is 3.38. The molecule has 0 aliphatic heterocycles. The molecule has 0 unspecified atom stereocenters. The summed E-state index contributed by atoms with van der Waals surface area (Å²) in [6.45, 7) is 0.629. The van der Waals surface area contributed by atoms with E-state index in [1.807, 2.05) is 18.2 Å². The van der Waals surface area contributed by atoms with Crippen LogP contribution in [0.3, 0.4) is 0 Å². The Bertz CT molecular complexity index is 488. The van der Waals surface area contributed by atoms with E-state index in [1.54, 1.807) is 24.5 Å². The highest BCUT2D eigenvalue weighted by Crippen LogP contribution is 2.22. The van der Waals surface area contributed by atoms with Gasteiger partial charge < -0.3 is 10.4 Å². The van der Waals surface area contributed by atoms with Gasteiger partial charge in [-0.05, 0) is 39.7 Å². The highest BCUT2D eigenvalue weighted by atomic mass is 79.9. The molecule has 2 rings (SSSR count). The van der Waals surface area contributed by atoms with Gasteiger partial charge in [-0.3, -0.25) is 4.98 Å². The number of nitrogens with one attached hydrogen (secondary N) is 1. The number of phenolic OH excluding ortho intramolecular Hbond substituents is 1. The smallest absolute Gasteiger partial charge is 0.138 e. The van der Waals surface area contributed by atoms with Crippen LogP contribution in [0, 0.1) is 0 Å². The number of aromatic hydroxyl groups is 1. The third-order valence-electron chi connectivity index (χ3n) is 2.15. The predicted octanol–water partition coefficient (Wildman–Crippen LogP) is 3.16. The molecule has 2 aromatic rings. The summed E-state index contributed by atoms with van der Waals surface area (Å²) < 4.78 is 0.948. The summed E-state index contributed by atoms with van der Waals surface area (Å²) in [5.41, 5.74) is 1.78. The first-order valence-corrected chi connectivity index (χ1v) is 5.66. The number of hydrogen-bond donors (Lipinski definition) is 2. The lowest BCUT2D eigenvalue weighted by molar-refractivity contribution is 0.477. The molecular formula is C12H11BrN2O. The average Bonchev–Trinajstić information content (AvgIpc) is 2.28. The van der Waals surface area contributed by atoms with Gasteiger partial charge in [-0.25, -0.2) is 0 Å². The van der Waals surface area contributed by atoms with E-state index in [0.717, 1.165) is 15.7 Å². The highest BCUT2D eigenvalue weighted by molar-refractivity contribution is 9.10. The fraction of sp³-hybridized carbons (Fsp3) is 0.0833. The quantitative estimate of drug-likeness (QED) is 0.848. The summed E-state index contributed by atoms with van der Waals surface area (Å²) in [7, 11) is 0. The molecule has 0 atom stereocenters. The number of para-hydroxylation sites is 2. The van der Waals surface area contributed by atoms with Crippen LogP contribution in [0.1, 0.15) is 5.56 Å². The minimum absolute atomic E-state index is 0.255. The third kappa shape index (κ3) is 2.73. The second kappa shape index (κ2) is 4.99. The van der Waals surface area contributed by atoms with Crippen LogP contribution >= 0.6 is 15.9 Å². The van der Waals surface area contributed by atoms with Crippen LogP contribution in [0.5, 0.6) is 5.75 Å². The highest BCUT2D eigenvalue weighted by Gasteiger charge is 1.99. The SMILES string of the molecule is Oc1ccccc1NCc1cncc(Br)c1. The van der Waals surface area contributed by atoms with Gasteiger partial charge >= 0.3 is 0 Å². The van der Waals surface area contributed by atoms with Gasteiger partial charge in [0.2, 0.25) is 0 Å². The maximum atomic E-state index is 9.56. The number of anilines is 1. The van der Waals surface area contributed by atoms with E-state index in [1.165, 1.54) is 0 Å².